The maximum atomic E-state index is 11.0. The van der Waals surface area contributed by atoms with Crippen LogP contribution >= 0.6 is 0 Å². The highest BCUT2D eigenvalue weighted by Gasteiger charge is 2.23. The van der Waals surface area contributed by atoms with E-state index in [0.717, 1.165) is 10.4 Å². The minimum absolute atomic E-state index is 1.15. The van der Waals surface area contributed by atoms with Gasteiger partial charge in [-0.3, -0.25) is 0 Å². The molecular formula is C18H23OSi. The van der Waals surface area contributed by atoms with Crippen molar-refractivity contribution in [3.8, 4) is 0 Å². The first-order valence-corrected chi connectivity index (χ1v) is 8.48. The van der Waals surface area contributed by atoms with Crippen LogP contribution in [0.2, 0.25) is 0 Å². The minimum atomic E-state index is -1.70. The second kappa shape index (κ2) is 5.55. The number of benzene rings is 2. The zero-order valence-corrected chi connectivity index (χ0v) is 14.3. The summed E-state index contributed by atoms with van der Waals surface area (Å²) in [5.74, 6) is 0. The van der Waals surface area contributed by atoms with E-state index < -0.39 is 9.04 Å². The first-order chi connectivity index (χ1) is 9.31. The Kier molecular flexibility index (Phi) is 4.16. The van der Waals surface area contributed by atoms with E-state index in [0.29, 0.717) is 0 Å². The zero-order chi connectivity index (χ0) is 15.0. The summed E-state index contributed by atoms with van der Waals surface area (Å²) in [7, 11) is -1.70. The second-order valence-electron chi connectivity index (χ2n) is 5.90. The van der Waals surface area contributed by atoms with Gasteiger partial charge in [0, 0.05) is 0 Å². The minimum Gasteiger partial charge on any atom is -0.424 e. The molecule has 0 spiro atoms. The first kappa shape index (κ1) is 15.0. The van der Waals surface area contributed by atoms with Gasteiger partial charge in [-0.25, -0.2) is 0 Å². The van der Waals surface area contributed by atoms with Crippen molar-refractivity contribution < 1.29 is 4.80 Å². The van der Waals surface area contributed by atoms with Crippen molar-refractivity contribution in [2.45, 2.75) is 41.5 Å². The van der Waals surface area contributed by atoms with E-state index in [4.69, 9.17) is 0 Å². The van der Waals surface area contributed by atoms with Gasteiger partial charge in [-0.2, -0.15) is 0 Å². The highest BCUT2D eigenvalue weighted by atomic mass is 28.3. The molecule has 2 rings (SSSR count). The molecule has 1 N–H and O–H groups in total. The molecule has 1 radical (unpaired) electrons. The van der Waals surface area contributed by atoms with Gasteiger partial charge in [0.05, 0.1) is 0 Å². The number of hydrogen-bond donors (Lipinski definition) is 1. The molecule has 0 heterocycles. The van der Waals surface area contributed by atoms with Crippen molar-refractivity contribution in [2.75, 3.05) is 0 Å². The molecular weight excluding hydrogens is 260 g/mol. The van der Waals surface area contributed by atoms with Crippen LogP contribution in [-0.4, -0.2) is 13.8 Å². The number of hydrogen-bond acceptors (Lipinski definition) is 1. The van der Waals surface area contributed by atoms with Crippen LogP contribution < -0.4 is 10.4 Å². The summed E-state index contributed by atoms with van der Waals surface area (Å²) in [6.07, 6.45) is 0. The van der Waals surface area contributed by atoms with Crippen LogP contribution in [0.15, 0.2) is 24.3 Å². The van der Waals surface area contributed by atoms with E-state index >= 15 is 0 Å². The first-order valence-electron chi connectivity index (χ1n) is 7.03. The third kappa shape index (κ3) is 2.72. The molecule has 2 aromatic carbocycles. The van der Waals surface area contributed by atoms with Crippen LogP contribution in [-0.2, 0) is 0 Å². The average Bonchev–Trinajstić information content (AvgIpc) is 2.25. The molecule has 0 unspecified atom stereocenters. The predicted octanol–water partition coefficient (Wildman–Crippen LogP) is 2.64. The summed E-state index contributed by atoms with van der Waals surface area (Å²) in [5.41, 5.74) is 7.35. The molecule has 0 aliphatic carbocycles. The summed E-state index contributed by atoms with van der Waals surface area (Å²) in [4.78, 5) is 11.0. The molecule has 20 heavy (non-hydrogen) atoms. The lowest BCUT2D eigenvalue weighted by atomic mass is 10.1. The van der Waals surface area contributed by atoms with Crippen LogP contribution in [0.4, 0.5) is 0 Å². The lowest BCUT2D eigenvalue weighted by Crippen LogP contribution is -2.47. The highest BCUT2D eigenvalue weighted by molar-refractivity contribution is 6.80. The molecule has 0 aliphatic rings. The maximum absolute atomic E-state index is 11.0. The SMILES string of the molecule is Cc1cc(C)c([Si](O)c2c(C)cc(C)cc2C)c(C)c1. The normalized spacial score (nSPS) is 11.2. The van der Waals surface area contributed by atoms with E-state index in [1.54, 1.807) is 0 Å². The van der Waals surface area contributed by atoms with E-state index in [2.05, 4.69) is 65.8 Å². The van der Waals surface area contributed by atoms with E-state index in [9.17, 15) is 4.80 Å². The Bertz CT molecular complexity index is 555. The van der Waals surface area contributed by atoms with Gasteiger partial charge in [-0.1, -0.05) is 35.4 Å². The summed E-state index contributed by atoms with van der Waals surface area (Å²) in [5, 5.41) is 2.30. The molecule has 0 aliphatic heterocycles. The van der Waals surface area contributed by atoms with Gasteiger partial charge in [0.25, 0.3) is 9.04 Å². The van der Waals surface area contributed by atoms with Crippen LogP contribution in [0, 0.1) is 41.5 Å². The Labute approximate surface area is 124 Å². The van der Waals surface area contributed by atoms with Crippen molar-refractivity contribution in [2.24, 2.45) is 0 Å². The molecule has 2 aromatic rings. The Balaban J connectivity index is 2.61. The molecule has 105 valence electrons. The second-order valence-corrected chi connectivity index (χ2v) is 7.59. The summed E-state index contributed by atoms with van der Waals surface area (Å²) in [6, 6.07) is 8.67. The van der Waals surface area contributed by atoms with Crippen molar-refractivity contribution in [1.29, 1.82) is 0 Å². The molecule has 1 nitrogen and oxygen atoms in total. The molecule has 2 heteroatoms. The largest absolute Gasteiger partial charge is 0.424 e. The van der Waals surface area contributed by atoms with Gasteiger partial charge in [0.2, 0.25) is 0 Å². The van der Waals surface area contributed by atoms with Crippen LogP contribution in [0.25, 0.3) is 0 Å². The van der Waals surface area contributed by atoms with Gasteiger partial charge in [0.15, 0.2) is 0 Å². The Morgan fingerprint density at radius 2 is 0.850 bits per heavy atom. The van der Waals surface area contributed by atoms with Crippen molar-refractivity contribution in [1.82, 2.24) is 0 Å². The smallest absolute Gasteiger partial charge is 0.281 e. The number of rotatable bonds is 2. The van der Waals surface area contributed by atoms with Crippen LogP contribution in [0.5, 0.6) is 0 Å². The van der Waals surface area contributed by atoms with Crippen molar-refractivity contribution in [3.05, 3.63) is 57.6 Å². The van der Waals surface area contributed by atoms with Crippen LogP contribution in [0.1, 0.15) is 33.4 Å². The summed E-state index contributed by atoms with van der Waals surface area (Å²) < 4.78 is 0. The fourth-order valence-corrected chi connectivity index (χ4v) is 5.26. The third-order valence-corrected chi connectivity index (χ3v) is 6.35. The molecule has 0 aromatic heterocycles. The molecule has 0 fully saturated rings. The lowest BCUT2D eigenvalue weighted by Gasteiger charge is -2.19. The molecule has 0 bridgehead atoms. The summed E-state index contributed by atoms with van der Waals surface area (Å²) in [6.45, 7) is 12.6. The fraction of sp³-hybridized carbons (Fsp3) is 0.333. The van der Waals surface area contributed by atoms with Gasteiger partial charge in [0.1, 0.15) is 0 Å². The monoisotopic (exact) mass is 283 g/mol. The zero-order valence-electron chi connectivity index (χ0n) is 13.3. The fourth-order valence-electron chi connectivity index (χ4n) is 3.23. The molecule has 0 atom stereocenters. The van der Waals surface area contributed by atoms with Gasteiger partial charge in [-0.15, -0.1) is 0 Å². The molecule has 0 saturated carbocycles. The molecule has 0 amide bonds. The van der Waals surface area contributed by atoms with Gasteiger partial charge in [-0.05, 0) is 74.2 Å². The van der Waals surface area contributed by atoms with Crippen molar-refractivity contribution >= 4 is 19.4 Å². The van der Waals surface area contributed by atoms with E-state index in [-0.39, 0.29) is 0 Å². The van der Waals surface area contributed by atoms with Gasteiger partial charge < -0.3 is 4.80 Å². The standard InChI is InChI=1S/C18H23OSi/c1-11-7-13(3)17(14(4)8-11)20(19)18-15(5)9-12(2)10-16(18)6/h7-10,19H,1-6H3. The topological polar surface area (TPSA) is 20.2 Å². The Morgan fingerprint density at radius 3 is 1.10 bits per heavy atom. The van der Waals surface area contributed by atoms with Crippen LogP contribution in [0.3, 0.4) is 0 Å². The quantitative estimate of drug-likeness (QED) is 0.840. The average molecular weight is 283 g/mol. The van der Waals surface area contributed by atoms with E-state index in [1.165, 1.54) is 33.4 Å². The third-order valence-electron chi connectivity index (χ3n) is 3.83. The maximum Gasteiger partial charge on any atom is 0.281 e. The Hall–Kier alpha value is -1.38. The lowest BCUT2D eigenvalue weighted by molar-refractivity contribution is 0.599. The van der Waals surface area contributed by atoms with E-state index in [1.807, 2.05) is 0 Å². The van der Waals surface area contributed by atoms with Gasteiger partial charge >= 0.3 is 0 Å². The Morgan fingerprint density at radius 1 is 0.600 bits per heavy atom. The molecule has 0 saturated heterocycles. The highest BCUT2D eigenvalue weighted by Crippen LogP contribution is 2.11. The number of aryl methyl sites for hydroxylation is 6. The van der Waals surface area contributed by atoms with Crippen molar-refractivity contribution in [3.63, 3.8) is 0 Å². The predicted molar refractivity (Wildman–Crippen MR) is 88.5 cm³/mol. The summed E-state index contributed by atoms with van der Waals surface area (Å²) >= 11 is 0.